The molecule has 2 heteroatoms. The van der Waals surface area contributed by atoms with E-state index in [9.17, 15) is 0 Å². The van der Waals surface area contributed by atoms with Gasteiger partial charge in [-0.1, -0.05) is 31.3 Å². The molecule has 1 aliphatic carbocycles. The molecular formula is C19H25ClO. The first kappa shape index (κ1) is 16.2. The van der Waals surface area contributed by atoms with E-state index in [1.807, 2.05) is 0 Å². The Balaban J connectivity index is 2.04. The third-order valence-electron chi connectivity index (χ3n) is 4.24. The van der Waals surface area contributed by atoms with E-state index in [1.54, 1.807) is 0 Å². The predicted octanol–water partition coefficient (Wildman–Crippen LogP) is 5.32. The van der Waals surface area contributed by atoms with Crippen LogP contribution in [0.4, 0.5) is 0 Å². The van der Waals surface area contributed by atoms with Crippen molar-refractivity contribution in [3.63, 3.8) is 0 Å². The lowest BCUT2D eigenvalue weighted by Gasteiger charge is -2.28. The van der Waals surface area contributed by atoms with E-state index in [0.29, 0.717) is 12.0 Å². The van der Waals surface area contributed by atoms with Crippen molar-refractivity contribution in [3.05, 3.63) is 29.3 Å². The van der Waals surface area contributed by atoms with E-state index >= 15 is 0 Å². The topological polar surface area (TPSA) is 9.23 Å². The molecule has 0 aliphatic heterocycles. The Morgan fingerprint density at radius 3 is 2.67 bits per heavy atom. The lowest BCUT2D eigenvalue weighted by atomic mass is 9.86. The Morgan fingerprint density at radius 2 is 2.00 bits per heavy atom. The molecule has 0 bridgehead atoms. The quantitative estimate of drug-likeness (QED) is 0.540. The van der Waals surface area contributed by atoms with Gasteiger partial charge in [0.15, 0.2) is 0 Å². The molecule has 0 radical (unpaired) electrons. The number of alkyl halides is 1. The minimum Gasteiger partial charge on any atom is -0.489 e. The third-order valence-corrected chi connectivity index (χ3v) is 4.43. The molecule has 0 N–H and O–H groups in total. The fraction of sp³-hybridized carbons (Fsp3) is 0.579. The summed E-state index contributed by atoms with van der Waals surface area (Å²) in [6.45, 7) is 4.37. The number of benzene rings is 1. The van der Waals surface area contributed by atoms with Gasteiger partial charge in [-0.2, -0.15) is 0 Å². The summed E-state index contributed by atoms with van der Waals surface area (Å²) in [5, 5.41) is 0. The normalized spacial score (nSPS) is 21.5. The maximum atomic E-state index is 6.23. The van der Waals surface area contributed by atoms with Crippen LogP contribution in [0.2, 0.25) is 0 Å². The standard InChI is InChI=1S/C19H25ClO/c1-3-16-8-10-18(11-9-16)21-19-12-7-15(2)14-17(19)6-4-5-13-20/h7,12,14,16,18H,3,5,8-11,13H2,1-2H3. The van der Waals surface area contributed by atoms with Crippen LogP contribution in [0.15, 0.2) is 18.2 Å². The first-order valence-electron chi connectivity index (χ1n) is 8.05. The van der Waals surface area contributed by atoms with Crippen molar-refractivity contribution in [2.45, 2.75) is 58.5 Å². The van der Waals surface area contributed by atoms with Crippen molar-refractivity contribution >= 4 is 11.6 Å². The van der Waals surface area contributed by atoms with Crippen LogP contribution in [0.5, 0.6) is 5.75 Å². The van der Waals surface area contributed by atoms with Crippen LogP contribution >= 0.6 is 11.6 Å². The second kappa shape index (κ2) is 8.35. The first-order chi connectivity index (χ1) is 10.2. The van der Waals surface area contributed by atoms with Crippen LogP contribution < -0.4 is 4.74 Å². The number of aryl methyl sites for hydroxylation is 1. The summed E-state index contributed by atoms with van der Waals surface area (Å²) in [5.74, 6) is 8.72. The van der Waals surface area contributed by atoms with E-state index in [0.717, 1.165) is 23.7 Å². The van der Waals surface area contributed by atoms with Gasteiger partial charge in [-0.05, 0) is 56.2 Å². The molecular weight excluding hydrogens is 280 g/mol. The van der Waals surface area contributed by atoms with Crippen LogP contribution in [-0.2, 0) is 0 Å². The van der Waals surface area contributed by atoms with Crippen molar-refractivity contribution in [2.24, 2.45) is 5.92 Å². The summed E-state index contributed by atoms with van der Waals surface area (Å²) >= 11 is 5.69. The average molecular weight is 305 g/mol. The molecule has 1 saturated carbocycles. The van der Waals surface area contributed by atoms with Gasteiger partial charge < -0.3 is 4.74 Å². The van der Waals surface area contributed by atoms with Crippen molar-refractivity contribution < 1.29 is 4.74 Å². The summed E-state index contributed by atoms with van der Waals surface area (Å²) in [7, 11) is 0. The third kappa shape index (κ3) is 4.97. The largest absolute Gasteiger partial charge is 0.489 e. The minimum absolute atomic E-state index is 0.351. The summed E-state index contributed by atoms with van der Waals surface area (Å²) in [6, 6.07) is 6.26. The molecule has 21 heavy (non-hydrogen) atoms. The second-order valence-electron chi connectivity index (χ2n) is 5.91. The van der Waals surface area contributed by atoms with Crippen molar-refractivity contribution in [3.8, 4) is 17.6 Å². The van der Waals surface area contributed by atoms with Crippen LogP contribution in [-0.4, -0.2) is 12.0 Å². The highest BCUT2D eigenvalue weighted by Crippen LogP contribution is 2.30. The highest BCUT2D eigenvalue weighted by molar-refractivity contribution is 6.18. The summed E-state index contributed by atoms with van der Waals surface area (Å²) < 4.78 is 6.23. The zero-order valence-electron chi connectivity index (χ0n) is 13.1. The van der Waals surface area contributed by atoms with Gasteiger partial charge >= 0.3 is 0 Å². The fourth-order valence-electron chi connectivity index (χ4n) is 2.89. The van der Waals surface area contributed by atoms with E-state index in [-0.39, 0.29) is 0 Å². The summed E-state index contributed by atoms with van der Waals surface area (Å²) in [4.78, 5) is 0. The van der Waals surface area contributed by atoms with Gasteiger partial charge in [-0.15, -0.1) is 11.6 Å². The maximum Gasteiger partial charge on any atom is 0.135 e. The van der Waals surface area contributed by atoms with Crippen LogP contribution in [0, 0.1) is 24.7 Å². The number of rotatable bonds is 4. The van der Waals surface area contributed by atoms with E-state index in [4.69, 9.17) is 16.3 Å². The number of ether oxygens (including phenoxy) is 1. The molecule has 0 amide bonds. The summed E-state index contributed by atoms with van der Waals surface area (Å²) in [6.07, 6.45) is 7.29. The molecule has 1 aromatic carbocycles. The zero-order valence-corrected chi connectivity index (χ0v) is 13.9. The van der Waals surface area contributed by atoms with E-state index < -0.39 is 0 Å². The Kier molecular flexibility index (Phi) is 6.46. The molecule has 0 saturated heterocycles. The highest BCUT2D eigenvalue weighted by atomic mass is 35.5. The molecule has 1 fully saturated rings. The maximum absolute atomic E-state index is 6.23. The van der Waals surface area contributed by atoms with Gasteiger partial charge in [0.2, 0.25) is 0 Å². The molecule has 1 aliphatic rings. The number of hydrogen-bond acceptors (Lipinski definition) is 1. The smallest absolute Gasteiger partial charge is 0.135 e. The Labute approximate surface area is 134 Å². The Hall–Kier alpha value is -1.13. The van der Waals surface area contributed by atoms with E-state index in [1.165, 1.54) is 37.7 Å². The Morgan fingerprint density at radius 1 is 1.24 bits per heavy atom. The SMILES string of the molecule is CCC1CCC(Oc2ccc(C)cc2C#CCCCl)CC1. The molecule has 114 valence electrons. The molecule has 0 spiro atoms. The minimum atomic E-state index is 0.351. The molecule has 0 heterocycles. The fourth-order valence-corrected chi connectivity index (χ4v) is 2.98. The first-order valence-corrected chi connectivity index (χ1v) is 8.58. The monoisotopic (exact) mass is 304 g/mol. The van der Waals surface area contributed by atoms with Gasteiger partial charge in [-0.25, -0.2) is 0 Å². The van der Waals surface area contributed by atoms with Crippen molar-refractivity contribution in [1.29, 1.82) is 0 Å². The van der Waals surface area contributed by atoms with Gasteiger partial charge in [0, 0.05) is 12.3 Å². The molecule has 2 rings (SSSR count). The zero-order chi connectivity index (χ0) is 15.1. The molecule has 0 aromatic heterocycles. The van der Waals surface area contributed by atoms with Crippen LogP contribution in [0.3, 0.4) is 0 Å². The highest BCUT2D eigenvalue weighted by Gasteiger charge is 2.21. The lowest BCUT2D eigenvalue weighted by Crippen LogP contribution is -2.24. The number of halogens is 1. The average Bonchev–Trinajstić information content (AvgIpc) is 2.51. The van der Waals surface area contributed by atoms with Gasteiger partial charge in [0.25, 0.3) is 0 Å². The van der Waals surface area contributed by atoms with Crippen molar-refractivity contribution in [1.82, 2.24) is 0 Å². The van der Waals surface area contributed by atoms with Crippen molar-refractivity contribution in [2.75, 3.05) is 5.88 Å². The second-order valence-corrected chi connectivity index (χ2v) is 6.29. The molecule has 0 unspecified atom stereocenters. The molecule has 1 nitrogen and oxygen atoms in total. The molecule has 1 aromatic rings. The number of hydrogen-bond donors (Lipinski definition) is 0. The van der Waals surface area contributed by atoms with Gasteiger partial charge in [0.05, 0.1) is 11.7 Å². The van der Waals surface area contributed by atoms with Gasteiger partial charge in [0.1, 0.15) is 5.75 Å². The van der Waals surface area contributed by atoms with E-state index in [2.05, 4.69) is 43.9 Å². The molecule has 0 atom stereocenters. The summed E-state index contributed by atoms with van der Waals surface area (Å²) in [5.41, 5.74) is 2.21. The van der Waals surface area contributed by atoms with Gasteiger partial charge in [-0.3, -0.25) is 0 Å². The Bertz CT molecular complexity index is 504. The van der Waals surface area contributed by atoms with Crippen LogP contribution in [0.25, 0.3) is 0 Å². The lowest BCUT2D eigenvalue weighted by molar-refractivity contribution is 0.129. The van der Waals surface area contributed by atoms with Crippen LogP contribution in [0.1, 0.15) is 56.6 Å². The predicted molar refractivity (Wildman–Crippen MR) is 90.1 cm³/mol.